The highest BCUT2D eigenvalue weighted by Gasteiger charge is 2.48. The van der Waals surface area contributed by atoms with Crippen LogP contribution in [0.1, 0.15) is 45.4 Å². The van der Waals surface area contributed by atoms with Gasteiger partial charge >= 0.3 is 6.03 Å². The number of aliphatic imine (C=N–C) groups is 1. The highest BCUT2D eigenvalue weighted by atomic mass is 16.2. The van der Waals surface area contributed by atoms with Crippen LogP contribution < -0.4 is 16.0 Å². The SMILES string of the molecule is CN(C)C(=O)CN=C(NC1CCCC1)N1CCC(C2(C)NC(=O)NC2=O)CC1. The quantitative estimate of drug-likeness (QED) is 0.362. The highest BCUT2D eigenvalue weighted by Crippen LogP contribution is 2.31. The zero-order valence-corrected chi connectivity index (χ0v) is 17.1. The molecule has 2 heterocycles. The number of amides is 4. The smallest absolute Gasteiger partial charge is 0.322 e. The zero-order chi connectivity index (χ0) is 20.3. The Bertz CT molecular complexity index is 650. The van der Waals surface area contributed by atoms with Crippen molar-refractivity contribution in [2.45, 2.75) is 57.0 Å². The monoisotopic (exact) mass is 392 g/mol. The van der Waals surface area contributed by atoms with Crippen LogP contribution in [0.5, 0.6) is 0 Å². The fourth-order valence-corrected chi connectivity index (χ4v) is 4.29. The molecule has 3 aliphatic rings. The molecule has 9 heteroatoms. The molecule has 28 heavy (non-hydrogen) atoms. The fraction of sp³-hybridized carbons (Fsp3) is 0.789. The van der Waals surface area contributed by atoms with Crippen molar-refractivity contribution in [3.8, 4) is 0 Å². The number of imide groups is 1. The minimum absolute atomic E-state index is 0.0292. The van der Waals surface area contributed by atoms with E-state index in [0.29, 0.717) is 6.04 Å². The Hall–Kier alpha value is -2.32. The average molecular weight is 393 g/mol. The predicted molar refractivity (Wildman–Crippen MR) is 106 cm³/mol. The van der Waals surface area contributed by atoms with Crippen LogP contribution in [0.15, 0.2) is 4.99 Å². The van der Waals surface area contributed by atoms with Gasteiger partial charge in [0.25, 0.3) is 5.91 Å². The lowest BCUT2D eigenvalue weighted by Crippen LogP contribution is -2.56. The lowest BCUT2D eigenvalue weighted by atomic mass is 9.79. The standard InChI is InChI=1S/C19H32N6O3/c1-19(16(27)22-18(28)23-19)13-8-10-25(11-9-13)17(20-12-15(26)24(2)3)21-14-6-4-5-7-14/h13-14H,4-12H2,1-3H3,(H,20,21)(H2,22,23,27,28). The molecule has 1 unspecified atom stereocenters. The third kappa shape index (κ3) is 4.39. The minimum Gasteiger partial charge on any atom is -0.353 e. The molecule has 9 nitrogen and oxygen atoms in total. The summed E-state index contributed by atoms with van der Waals surface area (Å²) >= 11 is 0. The van der Waals surface area contributed by atoms with Gasteiger partial charge in [-0.2, -0.15) is 0 Å². The largest absolute Gasteiger partial charge is 0.353 e. The molecule has 0 aromatic carbocycles. The number of urea groups is 1. The van der Waals surface area contributed by atoms with Crippen LogP contribution in [-0.2, 0) is 9.59 Å². The van der Waals surface area contributed by atoms with E-state index < -0.39 is 11.6 Å². The Kier molecular flexibility index (Phi) is 6.10. The van der Waals surface area contributed by atoms with E-state index in [2.05, 4.69) is 25.8 Å². The molecule has 3 fully saturated rings. The first-order valence-corrected chi connectivity index (χ1v) is 10.2. The van der Waals surface area contributed by atoms with Gasteiger partial charge < -0.3 is 20.4 Å². The molecule has 156 valence electrons. The van der Waals surface area contributed by atoms with Gasteiger partial charge in [-0.15, -0.1) is 0 Å². The van der Waals surface area contributed by atoms with Crippen LogP contribution in [0.25, 0.3) is 0 Å². The van der Waals surface area contributed by atoms with E-state index >= 15 is 0 Å². The van der Waals surface area contributed by atoms with Crippen LogP contribution in [0.2, 0.25) is 0 Å². The second-order valence-electron chi connectivity index (χ2n) is 8.43. The molecule has 0 radical (unpaired) electrons. The molecule has 4 amide bonds. The van der Waals surface area contributed by atoms with Gasteiger partial charge in [0.15, 0.2) is 5.96 Å². The van der Waals surface area contributed by atoms with Crippen molar-refractivity contribution >= 4 is 23.8 Å². The van der Waals surface area contributed by atoms with E-state index in [1.165, 1.54) is 12.8 Å². The molecule has 1 aliphatic carbocycles. The van der Waals surface area contributed by atoms with Crippen molar-refractivity contribution in [3.05, 3.63) is 0 Å². The predicted octanol–water partition coefficient (Wildman–Crippen LogP) is 0.273. The van der Waals surface area contributed by atoms with Crippen molar-refractivity contribution < 1.29 is 14.4 Å². The topological polar surface area (TPSA) is 106 Å². The first-order valence-electron chi connectivity index (χ1n) is 10.2. The molecule has 0 aromatic heterocycles. The number of piperidine rings is 1. The summed E-state index contributed by atoms with van der Waals surface area (Å²) < 4.78 is 0. The Morgan fingerprint density at radius 3 is 2.39 bits per heavy atom. The van der Waals surface area contributed by atoms with Crippen LogP contribution in [0.4, 0.5) is 4.79 Å². The highest BCUT2D eigenvalue weighted by molar-refractivity contribution is 6.07. The van der Waals surface area contributed by atoms with Gasteiger partial charge in [-0.1, -0.05) is 12.8 Å². The van der Waals surface area contributed by atoms with Gasteiger partial charge in [0, 0.05) is 33.2 Å². The summed E-state index contributed by atoms with van der Waals surface area (Å²) in [4.78, 5) is 44.1. The number of hydrogen-bond acceptors (Lipinski definition) is 4. The number of rotatable bonds is 4. The first-order chi connectivity index (χ1) is 13.3. The second-order valence-corrected chi connectivity index (χ2v) is 8.43. The summed E-state index contributed by atoms with van der Waals surface area (Å²) in [7, 11) is 3.46. The van der Waals surface area contributed by atoms with Gasteiger partial charge in [-0.3, -0.25) is 14.9 Å². The van der Waals surface area contributed by atoms with Crippen molar-refractivity contribution in [1.82, 2.24) is 25.8 Å². The maximum absolute atomic E-state index is 12.2. The molecule has 0 spiro atoms. The van der Waals surface area contributed by atoms with Crippen LogP contribution in [-0.4, -0.2) is 78.9 Å². The number of carbonyl (C=O) groups is 3. The molecule has 2 saturated heterocycles. The Labute approximate surface area is 166 Å². The summed E-state index contributed by atoms with van der Waals surface area (Å²) in [5.74, 6) is 0.584. The number of guanidine groups is 1. The first kappa shape index (κ1) is 20.4. The normalized spacial score (nSPS) is 27.0. The fourth-order valence-electron chi connectivity index (χ4n) is 4.29. The maximum atomic E-state index is 12.2. The van der Waals surface area contributed by atoms with E-state index in [-0.39, 0.29) is 24.3 Å². The number of nitrogens with zero attached hydrogens (tertiary/aromatic N) is 3. The number of likely N-dealkylation sites (tertiary alicyclic amines) is 1. The van der Waals surface area contributed by atoms with Crippen molar-refractivity contribution in [1.29, 1.82) is 0 Å². The molecule has 1 atom stereocenters. The summed E-state index contributed by atoms with van der Waals surface area (Å²) in [5, 5.41) is 8.69. The lowest BCUT2D eigenvalue weighted by Gasteiger charge is -2.40. The summed E-state index contributed by atoms with van der Waals surface area (Å²) in [6.45, 7) is 3.39. The van der Waals surface area contributed by atoms with E-state index in [9.17, 15) is 14.4 Å². The lowest BCUT2D eigenvalue weighted by molar-refractivity contribution is -0.127. The minimum atomic E-state index is -0.847. The van der Waals surface area contributed by atoms with Crippen molar-refractivity contribution in [2.75, 3.05) is 33.7 Å². The number of likely N-dealkylation sites (N-methyl/N-ethyl adjacent to an activating group) is 1. The molecule has 3 N–H and O–H groups in total. The molecule has 0 bridgehead atoms. The van der Waals surface area contributed by atoms with E-state index in [1.54, 1.807) is 25.9 Å². The van der Waals surface area contributed by atoms with Crippen LogP contribution in [0, 0.1) is 5.92 Å². The molecular weight excluding hydrogens is 360 g/mol. The van der Waals surface area contributed by atoms with E-state index in [4.69, 9.17) is 0 Å². The van der Waals surface area contributed by atoms with Crippen molar-refractivity contribution in [2.24, 2.45) is 10.9 Å². The Morgan fingerprint density at radius 1 is 1.21 bits per heavy atom. The second kappa shape index (κ2) is 8.36. The van der Waals surface area contributed by atoms with Crippen LogP contribution in [0.3, 0.4) is 0 Å². The third-order valence-corrected chi connectivity index (χ3v) is 6.23. The number of carbonyl (C=O) groups excluding carboxylic acids is 3. The summed E-state index contributed by atoms with van der Waals surface area (Å²) in [6.07, 6.45) is 6.24. The van der Waals surface area contributed by atoms with E-state index in [0.717, 1.165) is 44.7 Å². The van der Waals surface area contributed by atoms with Gasteiger partial charge in [-0.05, 0) is 38.5 Å². The molecule has 0 aromatic rings. The maximum Gasteiger partial charge on any atom is 0.322 e. The third-order valence-electron chi connectivity index (χ3n) is 6.23. The van der Waals surface area contributed by atoms with Gasteiger partial charge in [0.2, 0.25) is 5.91 Å². The number of hydrogen-bond donors (Lipinski definition) is 3. The van der Waals surface area contributed by atoms with Gasteiger partial charge in [0.1, 0.15) is 12.1 Å². The Morgan fingerprint density at radius 2 is 1.86 bits per heavy atom. The molecule has 1 saturated carbocycles. The van der Waals surface area contributed by atoms with Gasteiger partial charge in [0.05, 0.1) is 0 Å². The van der Waals surface area contributed by atoms with Crippen LogP contribution >= 0.6 is 0 Å². The van der Waals surface area contributed by atoms with Gasteiger partial charge in [-0.25, -0.2) is 9.79 Å². The summed E-state index contributed by atoms with van der Waals surface area (Å²) in [5.41, 5.74) is -0.847. The Balaban J connectivity index is 1.64. The molecular formula is C19H32N6O3. The molecule has 3 rings (SSSR count). The van der Waals surface area contributed by atoms with E-state index in [1.807, 2.05) is 0 Å². The number of nitrogens with one attached hydrogen (secondary N) is 3. The summed E-state index contributed by atoms with van der Waals surface area (Å²) in [6, 6.07) is -0.00868. The average Bonchev–Trinajstić information content (AvgIpc) is 3.26. The molecule has 2 aliphatic heterocycles. The van der Waals surface area contributed by atoms with Crippen molar-refractivity contribution in [3.63, 3.8) is 0 Å². The zero-order valence-electron chi connectivity index (χ0n) is 17.1.